The van der Waals surface area contributed by atoms with E-state index in [9.17, 15) is 0 Å². The zero-order valence-electron chi connectivity index (χ0n) is 10.7. The summed E-state index contributed by atoms with van der Waals surface area (Å²) in [6, 6.07) is 18.1. The molecule has 0 aliphatic heterocycles. The van der Waals surface area contributed by atoms with Crippen molar-refractivity contribution in [2.45, 2.75) is 0 Å². The first-order chi connectivity index (χ1) is 9.81. The van der Waals surface area contributed by atoms with E-state index in [1.807, 2.05) is 24.3 Å². The highest BCUT2D eigenvalue weighted by atomic mass is 15.0. The predicted octanol–water partition coefficient (Wildman–Crippen LogP) is 3.36. The molecule has 20 heavy (non-hydrogen) atoms. The lowest BCUT2D eigenvalue weighted by molar-refractivity contribution is 1.31. The van der Waals surface area contributed by atoms with Crippen molar-refractivity contribution in [3.8, 4) is 11.4 Å². The number of nitrogens with two attached hydrogens (primary N) is 1. The van der Waals surface area contributed by atoms with Crippen LogP contribution in [0.15, 0.2) is 54.6 Å². The Kier molecular flexibility index (Phi) is 2.23. The van der Waals surface area contributed by atoms with Gasteiger partial charge in [0.15, 0.2) is 5.65 Å². The highest BCUT2D eigenvalue weighted by Crippen LogP contribution is 2.27. The van der Waals surface area contributed by atoms with Crippen molar-refractivity contribution in [3.05, 3.63) is 54.6 Å². The van der Waals surface area contributed by atoms with E-state index in [0.29, 0.717) is 11.5 Å². The Hall–Kier alpha value is -2.88. The van der Waals surface area contributed by atoms with Crippen molar-refractivity contribution in [1.82, 2.24) is 15.0 Å². The minimum absolute atomic E-state index is 0.480. The van der Waals surface area contributed by atoms with Gasteiger partial charge >= 0.3 is 0 Å². The molecule has 0 spiro atoms. The summed E-state index contributed by atoms with van der Waals surface area (Å²) in [5, 5.41) is 2.36. The Morgan fingerprint density at radius 2 is 1.70 bits per heavy atom. The van der Waals surface area contributed by atoms with Gasteiger partial charge in [-0.25, -0.2) is 9.97 Å². The molecule has 4 nitrogen and oxygen atoms in total. The number of hydrogen-bond donors (Lipinski definition) is 2. The van der Waals surface area contributed by atoms with Crippen LogP contribution in [0.4, 0.5) is 5.82 Å². The minimum atomic E-state index is 0.480. The molecule has 2 aromatic heterocycles. The lowest BCUT2D eigenvalue weighted by atomic mass is 10.0. The summed E-state index contributed by atoms with van der Waals surface area (Å²) in [5.41, 5.74) is 8.30. The Balaban J connectivity index is 2.01. The summed E-state index contributed by atoms with van der Waals surface area (Å²) in [5.74, 6) is 1.29. The van der Waals surface area contributed by atoms with Gasteiger partial charge in [-0.1, -0.05) is 42.5 Å². The Morgan fingerprint density at radius 1 is 0.850 bits per heavy atom. The second kappa shape index (κ2) is 4.06. The number of nitrogens with one attached hydrogen (secondary N) is 1. The highest BCUT2D eigenvalue weighted by Gasteiger charge is 2.09. The molecule has 2 aromatic carbocycles. The summed E-state index contributed by atoms with van der Waals surface area (Å²) < 4.78 is 0. The van der Waals surface area contributed by atoms with Gasteiger partial charge in [-0.05, 0) is 22.9 Å². The fourth-order valence-corrected chi connectivity index (χ4v) is 2.47. The van der Waals surface area contributed by atoms with Crippen molar-refractivity contribution in [3.63, 3.8) is 0 Å². The number of aromatic amines is 1. The van der Waals surface area contributed by atoms with Crippen molar-refractivity contribution < 1.29 is 0 Å². The molecule has 0 unspecified atom stereocenters. The second-order valence-electron chi connectivity index (χ2n) is 4.72. The lowest BCUT2D eigenvalue weighted by Crippen LogP contribution is -1.88. The van der Waals surface area contributed by atoms with Crippen molar-refractivity contribution in [2.75, 3.05) is 5.73 Å². The van der Waals surface area contributed by atoms with Crippen LogP contribution in [-0.2, 0) is 0 Å². The molecule has 4 rings (SSSR count). The number of H-pyrrole nitrogens is 1. The summed E-state index contributed by atoms with van der Waals surface area (Å²) in [6.07, 6.45) is 0. The van der Waals surface area contributed by atoms with Crippen LogP contribution in [-0.4, -0.2) is 15.0 Å². The lowest BCUT2D eigenvalue weighted by Gasteiger charge is -2.02. The fourth-order valence-electron chi connectivity index (χ4n) is 2.47. The highest BCUT2D eigenvalue weighted by molar-refractivity contribution is 5.96. The van der Waals surface area contributed by atoms with Crippen molar-refractivity contribution >= 4 is 27.8 Å². The van der Waals surface area contributed by atoms with Gasteiger partial charge in [0.25, 0.3) is 0 Å². The maximum Gasteiger partial charge on any atom is 0.180 e. The van der Waals surface area contributed by atoms with Gasteiger partial charge in [-0.15, -0.1) is 0 Å². The fraction of sp³-hybridized carbons (Fsp3) is 0. The van der Waals surface area contributed by atoms with Crippen LogP contribution in [0.2, 0.25) is 0 Å². The van der Waals surface area contributed by atoms with Gasteiger partial charge in [0.1, 0.15) is 11.6 Å². The third-order valence-corrected chi connectivity index (χ3v) is 3.41. The number of benzene rings is 2. The van der Waals surface area contributed by atoms with Crippen molar-refractivity contribution in [1.29, 1.82) is 0 Å². The van der Waals surface area contributed by atoms with E-state index in [4.69, 9.17) is 5.73 Å². The van der Waals surface area contributed by atoms with E-state index in [1.165, 1.54) is 10.8 Å². The van der Waals surface area contributed by atoms with Crippen LogP contribution in [0.1, 0.15) is 0 Å². The zero-order chi connectivity index (χ0) is 13.5. The van der Waals surface area contributed by atoms with Gasteiger partial charge < -0.3 is 10.7 Å². The molecule has 3 N–H and O–H groups in total. The van der Waals surface area contributed by atoms with Gasteiger partial charge in [-0.3, -0.25) is 0 Å². The Morgan fingerprint density at radius 3 is 2.65 bits per heavy atom. The second-order valence-corrected chi connectivity index (χ2v) is 4.72. The van der Waals surface area contributed by atoms with E-state index in [2.05, 4.69) is 39.2 Å². The standard InChI is InChI=1S/C16H12N4/c17-14-9-8-13-16(19-14)20-15(18-13)12-7-3-5-10-4-1-2-6-11(10)12/h1-9H,(H3,17,18,19,20). The summed E-state index contributed by atoms with van der Waals surface area (Å²) in [6.45, 7) is 0. The summed E-state index contributed by atoms with van der Waals surface area (Å²) in [4.78, 5) is 12.1. The van der Waals surface area contributed by atoms with Crippen LogP contribution in [0, 0.1) is 0 Å². The Labute approximate surface area is 115 Å². The molecule has 96 valence electrons. The van der Waals surface area contributed by atoms with E-state index >= 15 is 0 Å². The van der Waals surface area contributed by atoms with Crippen LogP contribution in [0.3, 0.4) is 0 Å². The van der Waals surface area contributed by atoms with Gasteiger partial charge in [0.2, 0.25) is 0 Å². The number of nitrogens with zero attached hydrogens (tertiary/aromatic N) is 2. The molecule has 0 aliphatic rings. The van der Waals surface area contributed by atoms with Gasteiger partial charge in [-0.2, -0.15) is 0 Å². The average Bonchev–Trinajstić information content (AvgIpc) is 2.89. The van der Waals surface area contributed by atoms with Crippen LogP contribution in [0.5, 0.6) is 0 Å². The number of aromatic nitrogens is 3. The monoisotopic (exact) mass is 260 g/mol. The minimum Gasteiger partial charge on any atom is -0.384 e. The number of rotatable bonds is 1. The van der Waals surface area contributed by atoms with Crippen LogP contribution in [0.25, 0.3) is 33.3 Å². The number of anilines is 1. The number of fused-ring (bicyclic) bond motifs is 2. The predicted molar refractivity (Wildman–Crippen MR) is 81.2 cm³/mol. The Bertz CT molecular complexity index is 919. The molecule has 0 radical (unpaired) electrons. The smallest absolute Gasteiger partial charge is 0.180 e. The number of hydrogen-bond acceptors (Lipinski definition) is 3. The first kappa shape index (κ1) is 11.0. The molecule has 4 aromatic rings. The van der Waals surface area contributed by atoms with Gasteiger partial charge in [0.05, 0.1) is 5.52 Å². The van der Waals surface area contributed by atoms with E-state index in [0.717, 1.165) is 16.9 Å². The number of imidazole rings is 1. The molecule has 0 bridgehead atoms. The largest absolute Gasteiger partial charge is 0.384 e. The molecular weight excluding hydrogens is 248 g/mol. The van der Waals surface area contributed by atoms with Crippen LogP contribution >= 0.6 is 0 Å². The van der Waals surface area contributed by atoms with Crippen LogP contribution < -0.4 is 5.73 Å². The molecule has 0 aliphatic carbocycles. The molecule has 0 fully saturated rings. The topological polar surface area (TPSA) is 67.6 Å². The number of nitrogen functional groups attached to an aromatic ring is 1. The normalized spacial score (nSPS) is 11.2. The SMILES string of the molecule is Nc1ccc2[nH]c(-c3cccc4ccccc34)nc2n1. The van der Waals surface area contributed by atoms with Crippen molar-refractivity contribution in [2.24, 2.45) is 0 Å². The first-order valence-corrected chi connectivity index (χ1v) is 6.42. The average molecular weight is 260 g/mol. The van der Waals surface area contributed by atoms with E-state index in [-0.39, 0.29) is 0 Å². The maximum atomic E-state index is 5.70. The van der Waals surface area contributed by atoms with E-state index < -0.39 is 0 Å². The molecule has 0 atom stereocenters. The third kappa shape index (κ3) is 1.62. The maximum absolute atomic E-state index is 5.70. The first-order valence-electron chi connectivity index (χ1n) is 6.42. The number of pyridine rings is 1. The summed E-state index contributed by atoms with van der Waals surface area (Å²) in [7, 11) is 0. The molecular formula is C16H12N4. The zero-order valence-corrected chi connectivity index (χ0v) is 10.7. The molecule has 4 heteroatoms. The molecule has 0 saturated heterocycles. The summed E-state index contributed by atoms with van der Waals surface area (Å²) >= 11 is 0. The molecule has 2 heterocycles. The third-order valence-electron chi connectivity index (χ3n) is 3.41. The van der Waals surface area contributed by atoms with E-state index in [1.54, 1.807) is 6.07 Å². The molecule has 0 amide bonds. The quantitative estimate of drug-likeness (QED) is 0.551. The van der Waals surface area contributed by atoms with Gasteiger partial charge in [0, 0.05) is 5.56 Å². The molecule has 0 saturated carbocycles.